The molecule has 0 amide bonds. The Morgan fingerprint density at radius 1 is 0.667 bits per heavy atom. The average Bonchev–Trinajstić information content (AvgIpc) is 4.25. The molecular formula is C47H52N11NaO10S3. The number of hydrazine groups is 1. The molecular weight excluding hydrogens is 998 g/mol. The van der Waals surface area contributed by atoms with Crippen LogP contribution in [0.25, 0.3) is 49.6 Å². The van der Waals surface area contributed by atoms with Crippen molar-refractivity contribution in [3.05, 3.63) is 148 Å². The van der Waals surface area contributed by atoms with Gasteiger partial charge in [0.05, 0.1) is 48.1 Å². The number of benzene rings is 3. The number of ether oxygens (including phenoxy) is 2. The van der Waals surface area contributed by atoms with Gasteiger partial charge in [-0.05, 0) is 46.8 Å². The second-order valence-corrected chi connectivity index (χ2v) is 16.2. The summed E-state index contributed by atoms with van der Waals surface area (Å²) >= 11 is 4.31. The number of nitrogen functional groups attached to an aromatic ring is 1. The number of hydrogen-bond acceptors (Lipinski definition) is 20. The van der Waals surface area contributed by atoms with E-state index in [1.807, 2.05) is 120 Å². The van der Waals surface area contributed by atoms with Gasteiger partial charge in [0.15, 0.2) is 16.5 Å². The number of thiazole rings is 3. The van der Waals surface area contributed by atoms with Crippen LogP contribution in [0.3, 0.4) is 0 Å². The molecule has 0 aliphatic rings. The molecule has 3 aromatic carbocycles. The van der Waals surface area contributed by atoms with Gasteiger partial charge in [-0.2, -0.15) is 19.6 Å². The summed E-state index contributed by atoms with van der Waals surface area (Å²) in [5.41, 5.74) is 12.2. The van der Waals surface area contributed by atoms with E-state index in [1.54, 1.807) is 31.5 Å². The van der Waals surface area contributed by atoms with Gasteiger partial charge in [-0.1, -0.05) is 91.0 Å². The van der Waals surface area contributed by atoms with E-state index in [4.69, 9.17) is 20.9 Å². The smallest absolute Gasteiger partial charge is 0.488 e. The van der Waals surface area contributed by atoms with Gasteiger partial charge in [-0.15, -0.1) is 34.0 Å². The zero-order valence-electron chi connectivity index (χ0n) is 40.3. The van der Waals surface area contributed by atoms with Crippen LogP contribution in [0.1, 0.15) is 59.6 Å². The molecule has 0 fully saturated rings. The molecule has 8 aromatic rings. The Labute approximate surface area is 448 Å². The molecule has 0 unspecified atom stereocenters. The number of ketones is 2. The van der Waals surface area contributed by atoms with Crippen molar-refractivity contribution in [2.24, 2.45) is 11.7 Å². The summed E-state index contributed by atoms with van der Waals surface area (Å²) in [6.07, 6.45) is -0.362. The van der Waals surface area contributed by atoms with Crippen LogP contribution in [0.2, 0.25) is 0 Å². The van der Waals surface area contributed by atoms with Crippen LogP contribution in [-0.2, 0) is 23.9 Å². The number of carboxylic acids is 1. The molecule has 0 saturated carbocycles. The molecule has 5 aromatic heterocycles. The van der Waals surface area contributed by atoms with Crippen molar-refractivity contribution in [3.63, 3.8) is 0 Å². The second-order valence-electron chi connectivity index (χ2n) is 13.6. The number of aromatic nitrogens is 7. The molecule has 72 heavy (non-hydrogen) atoms. The summed E-state index contributed by atoms with van der Waals surface area (Å²) in [6.45, 7) is 8.71. The van der Waals surface area contributed by atoms with Crippen molar-refractivity contribution in [1.29, 1.82) is 0 Å². The number of rotatable bonds is 13. The number of Topliss-reactive ketones (excluding diaryl/α,β-unsaturated/α-hetero) is 2. The number of hydrogen-bond donors (Lipinski definition) is 6. The first-order valence-electron chi connectivity index (χ1n) is 21.0. The largest absolute Gasteiger partial charge is 1.00 e. The van der Waals surface area contributed by atoms with E-state index in [0.29, 0.717) is 28.3 Å². The maximum absolute atomic E-state index is 12.0. The van der Waals surface area contributed by atoms with Crippen molar-refractivity contribution >= 4 is 68.6 Å². The number of carboxylic acid groups (broad SMARTS) is 1. The maximum Gasteiger partial charge on any atom is 1.00 e. The first kappa shape index (κ1) is 61.4. The van der Waals surface area contributed by atoms with E-state index in [9.17, 15) is 29.1 Å². The zero-order valence-corrected chi connectivity index (χ0v) is 44.8. The van der Waals surface area contributed by atoms with Gasteiger partial charge >= 0.3 is 47.5 Å². The molecule has 374 valence electrons. The minimum Gasteiger partial charge on any atom is -0.488 e. The SMILES string of the molecule is CCOC(=O)C(=O)CC(C)=O.CCOC(=O)c1cc(C)nn1-c1nc(-c2ccccc2)cs1.CO.Cc1cc(C(=O)O)n(-c2nc(-c3ccccc3)cs2)n1.NNc1nc(-c2ccccc2)cs1.N[N-]O.[Na+]. The van der Waals surface area contributed by atoms with E-state index in [0.717, 1.165) is 51.7 Å². The third kappa shape index (κ3) is 19.5. The summed E-state index contributed by atoms with van der Waals surface area (Å²) in [6, 6.07) is 32.9. The zero-order chi connectivity index (χ0) is 52.3. The molecule has 0 radical (unpaired) electrons. The number of carbonyl (C=O) groups is 5. The fourth-order valence-corrected chi connectivity index (χ4v) is 7.81. The van der Waals surface area contributed by atoms with Crippen molar-refractivity contribution in [1.82, 2.24) is 34.5 Å². The maximum atomic E-state index is 12.0. The van der Waals surface area contributed by atoms with E-state index in [1.165, 1.54) is 51.7 Å². The van der Waals surface area contributed by atoms with Gasteiger partial charge in [0.2, 0.25) is 16.0 Å². The van der Waals surface area contributed by atoms with Crippen LogP contribution in [0.5, 0.6) is 0 Å². The molecule has 0 atom stereocenters. The topological polar surface area (TPSA) is 317 Å². The first-order valence-corrected chi connectivity index (χ1v) is 23.6. The number of nitrogens with two attached hydrogens (primary N) is 2. The van der Waals surface area contributed by atoms with Crippen molar-refractivity contribution in [2.45, 2.75) is 41.0 Å². The fourth-order valence-electron chi connectivity index (χ4n) is 5.59. The first-order chi connectivity index (χ1) is 34.2. The summed E-state index contributed by atoms with van der Waals surface area (Å²) in [5, 5.41) is 39.5. The summed E-state index contributed by atoms with van der Waals surface area (Å²) in [4.78, 5) is 68.1. The van der Waals surface area contributed by atoms with E-state index >= 15 is 0 Å². The summed E-state index contributed by atoms with van der Waals surface area (Å²) in [5.74, 6) is 5.83. The number of aliphatic hydroxyl groups excluding tert-OH is 1. The third-order valence-electron chi connectivity index (χ3n) is 8.46. The predicted molar refractivity (Wildman–Crippen MR) is 272 cm³/mol. The van der Waals surface area contributed by atoms with E-state index < -0.39 is 17.7 Å². The van der Waals surface area contributed by atoms with Crippen LogP contribution >= 0.6 is 34.0 Å². The van der Waals surface area contributed by atoms with Gasteiger partial charge in [0, 0.05) is 39.9 Å². The molecule has 21 nitrogen and oxygen atoms in total. The Balaban J connectivity index is 0.000000328. The van der Waals surface area contributed by atoms with Gasteiger partial charge < -0.3 is 36.3 Å². The molecule has 8 rings (SSSR count). The number of aromatic carboxylic acids is 1. The molecule has 5 heterocycles. The van der Waals surface area contributed by atoms with Gasteiger partial charge in [-0.25, -0.2) is 35.2 Å². The number of nitrogens with zero attached hydrogens (tertiary/aromatic N) is 8. The normalized spacial score (nSPS) is 9.69. The predicted octanol–water partition coefficient (Wildman–Crippen LogP) is 4.91. The Hall–Kier alpha value is -6.68. The van der Waals surface area contributed by atoms with E-state index in [-0.39, 0.29) is 60.0 Å². The summed E-state index contributed by atoms with van der Waals surface area (Å²) in [7, 11) is 1.00. The van der Waals surface area contributed by atoms with Crippen LogP contribution in [-0.4, -0.2) is 99.7 Å². The van der Waals surface area contributed by atoms with E-state index in [2.05, 4.69) is 41.2 Å². The Bertz CT molecular complexity index is 2890. The number of carbonyl (C=O) groups excluding carboxylic acids is 4. The second kappa shape index (κ2) is 33.1. The average molecular weight is 1050 g/mol. The van der Waals surface area contributed by atoms with Gasteiger partial charge in [-0.3, -0.25) is 15.0 Å². The minimum atomic E-state index is -1.01. The number of aryl methyl sites for hydroxylation is 2. The van der Waals surface area contributed by atoms with Crippen LogP contribution in [0, 0.1) is 13.8 Å². The minimum absolute atomic E-state index is 0. The van der Waals surface area contributed by atoms with Crippen molar-refractivity contribution < 1.29 is 78.4 Å². The van der Waals surface area contributed by atoms with Crippen LogP contribution in [0.4, 0.5) is 5.13 Å². The Morgan fingerprint density at radius 2 is 1.06 bits per heavy atom. The monoisotopic (exact) mass is 1050 g/mol. The number of aliphatic hydroxyl groups is 1. The Morgan fingerprint density at radius 3 is 1.43 bits per heavy atom. The molecule has 0 saturated heterocycles. The molecule has 0 aliphatic carbocycles. The molecule has 0 spiro atoms. The standard InChI is InChI=1S/C16H15N3O2S.C14H11N3O2S.C9H9N3S.C7H10O4.CH4O.H3N2O.Na/c1-3-21-15(20)14-9-11(2)18-19(14)16-17-13(10-22-16)12-7-5-4-6-8-12;1-9-7-12(13(18)19)17(16-9)14-15-11(8-20-14)10-5-3-2-4-6-10;10-12-9-11-8(6-13-9)7-4-2-1-3-5-7;1-3-11-7(10)6(9)4-5(2)8;1-2;1-2-3;/h4-10H,3H2,1-2H3;2-8H,1H3,(H,18,19);1-6H,10H2,(H,11,12);3-4H2,1-2H3;2H,1H3;3H,1H2;/q;;;;;-1;+1. The summed E-state index contributed by atoms with van der Waals surface area (Å²) < 4.78 is 12.4. The van der Waals surface area contributed by atoms with Crippen LogP contribution in [0.15, 0.2) is 119 Å². The Kier molecular flexibility index (Phi) is 28.2. The third-order valence-corrected chi connectivity index (χ3v) is 10.9. The van der Waals surface area contributed by atoms with Crippen molar-refractivity contribution in [3.8, 4) is 44.0 Å². The number of anilines is 1. The van der Waals surface area contributed by atoms with Gasteiger partial charge in [0.1, 0.15) is 5.78 Å². The number of nitrogens with one attached hydrogen (secondary N) is 1. The fraction of sp³-hybridized carbons (Fsp3) is 0.191. The molecule has 8 N–H and O–H groups in total. The van der Waals surface area contributed by atoms with Crippen LogP contribution < -0.4 is 46.7 Å². The molecule has 25 heteroatoms. The quantitative estimate of drug-likeness (QED) is 0.0223. The van der Waals surface area contributed by atoms with Crippen molar-refractivity contribution in [2.75, 3.05) is 25.7 Å². The van der Waals surface area contributed by atoms with Gasteiger partial charge in [0.25, 0.3) is 0 Å². The molecule has 0 aliphatic heterocycles. The number of esters is 2. The molecule has 0 bridgehead atoms.